The van der Waals surface area contributed by atoms with E-state index in [0.29, 0.717) is 88.8 Å². The number of ether oxygens (including phenoxy) is 3. The third kappa shape index (κ3) is 6.95. The summed E-state index contributed by atoms with van der Waals surface area (Å²) in [6.07, 6.45) is 0.193. The minimum atomic E-state index is -1.17. The minimum Gasteiger partial charge on any atom is -0.384 e. The molecule has 1 aromatic rings. The first-order chi connectivity index (χ1) is 16.5. The Morgan fingerprint density at radius 1 is 0.971 bits per heavy atom. The second kappa shape index (κ2) is 13.7. The maximum absolute atomic E-state index is 13.1. The summed E-state index contributed by atoms with van der Waals surface area (Å²) in [4.78, 5) is 27.1. The molecule has 190 valence electrons. The summed E-state index contributed by atoms with van der Waals surface area (Å²) < 4.78 is 16.3. The molecule has 3 rings (SSSR count). The number of hydrogen-bond acceptors (Lipinski definition) is 10. The van der Waals surface area contributed by atoms with Crippen LogP contribution in [0.3, 0.4) is 0 Å². The summed E-state index contributed by atoms with van der Waals surface area (Å²) in [6, 6.07) is 4.38. The lowest BCUT2D eigenvalue weighted by Gasteiger charge is -2.36. The fourth-order valence-electron chi connectivity index (χ4n) is 4.02. The van der Waals surface area contributed by atoms with Crippen molar-refractivity contribution in [2.45, 2.75) is 44.2 Å². The number of aliphatic hydroxyl groups excluding tert-OH is 2. The number of piperidine rings is 1. The second-order valence-electron chi connectivity index (χ2n) is 8.24. The first-order valence-corrected chi connectivity index (χ1v) is 11.8. The van der Waals surface area contributed by atoms with Crippen molar-refractivity contribution in [2.24, 2.45) is 5.73 Å². The number of amides is 2. The highest BCUT2D eigenvalue weighted by Gasteiger charge is 2.45. The lowest BCUT2D eigenvalue weighted by molar-refractivity contribution is -0.0413. The third-order valence-electron chi connectivity index (χ3n) is 5.76. The molecule has 1 aromatic carbocycles. The van der Waals surface area contributed by atoms with E-state index in [1.165, 1.54) is 0 Å². The summed E-state index contributed by atoms with van der Waals surface area (Å²) in [5.41, 5.74) is 6.60. The zero-order chi connectivity index (χ0) is 24.3. The molecule has 3 atom stereocenters. The van der Waals surface area contributed by atoms with E-state index in [1.807, 2.05) is 0 Å². The Labute approximate surface area is 199 Å². The van der Waals surface area contributed by atoms with Crippen molar-refractivity contribution in [3.8, 4) is 0 Å². The molecule has 11 heteroatoms. The van der Waals surface area contributed by atoms with E-state index in [0.717, 1.165) is 11.3 Å². The molecule has 0 aliphatic carbocycles. The van der Waals surface area contributed by atoms with Crippen LogP contribution in [0.5, 0.6) is 0 Å². The average molecular weight is 481 g/mol. The van der Waals surface area contributed by atoms with Crippen LogP contribution in [0, 0.1) is 0 Å². The van der Waals surface area contributed by atoms with Gasteiger partial charge in [-0.25, -0.2) is 0 Å². The Balaban J connectivity index is 1.38. The number of nitrogens with zero attached hydrogens (tertiary/aromatic N) is 1. The molecule has 3 unspecified atom stereocenters. The van der Waals surface area contributed by atoms with Gasteiger partial charge in [0.25, 0.3) is 11.8 Å². The van der Waals surface area contributed by atoms with Gasteiger partial charge in [-0.05, 0) is 44.4 Å². The number of aliphatic hydroxyl groups is 2. The van der Waals surface area contributed by atoms with Crippen molar-refractivity contribution in [3.05, 3.63) is 29.3 Å². The maximum Gasteiger partial charge on any atom is 0.264 e. The van der Waals surface area contributed by atoms with Crippen LogP contribution in [0.25, 0.3) is 0 Å². The SMILES string of the molecule is NCCCOCCOCCOCCCNc1cccc2c1C(=O)N(C1CCC(O)NC1O)C2=O. The van der Waals surface area contributed by atoms with Crippen LogP contribution in [-0.4, -0.2) is 98.2 Å². The lowest BCUT2D eigenvalue weighted by Crippen LogP contribution is -2.58. The van der Waals surface area contributed by atoms with Gasteiger partial charge >= 0.3 is 0 Å². The van der Waals surface area contributed by atoms with Crippen LogP contribution in [0.4, 0.5) is 5.69 Å². The smallest absolute Gasteiger partial charge is 0.264 e. The molecule has 2 heterocycles. The van der Waals surface area contributed by atoms with Gasteiger partial charge in [-0.2, -0.15) is 0 Å². The van der Waals surface area contributed by atoms with Gasteiger partial charge in [0.2, 0.25) is 0 Å². The summed E-state index contributed by atoms with van der Waals surface area (Å²) in [6.45, 7) is 4.40. The van der Waals surface area contributed by atoms with Crippen LogP contribution < -0.4 is 16.4 Å². The first-order valence-electron chi connectivity index (χ1n) is 11.8. The summed E-state index contributed by atoms with van der Waals surface area (Å²) in [5, 5.41) is 25.7. The van der Waals surface area contributed by atoms with Gasteiger partial charge in [0.1, 0.15) is 12.5 Å². The monoisotopic (exact) mass is 480 g/mol. The number of nitrogens with one attached hydrogen (secondary N) is 2. The molecule has 0 bridgehead atoms. The number of benzene rings is 1. The number of anilines is 1. The van der Waals surface area contributed by atoms with Gasteiger partial charge in [0, 0.05) is 25.4 Å². The zero-order valence-corrected chi connectivity index (χ0v) is 19.4. The largest absolute Gasteiger partial charge is 0.384 e. The maximum atomic E-state index is 13.1. The molecule has 1 saturated heterocycles. The van der Waals surface area contributed by atoms with Crippen molar-refractivity contribution in [3.63, 3.8) is 0 Å². The standard InChI is InChI=1S/C23H36N4O7/c24-8-2-10-32-12-14-34-15-13-33-11-3-9-25-17-5-1-4-16-20(17)23(31)27(22(16)30)18-6-7-19(28)26-21(18)29/h1,4-5,18-19,21,25-26,28-29H,2-3,6-15,24H2. The van der Waals surface area contributed by atoms with E-state index in [9.17, 15) is 19.8 Å². The Hall–Kier alpha value is -2.12. The Morgan fingerprint density at radius 2 is 1.65 bits per heavy atom. The highest BCUT2D eigenvalue weighted by molar-refractivity contribution is 6.24. The molecule has 1 fully saturated rings. The van der Waals surface area contributed by atoms with E-state index in [4.69, 9.17) is 19.9 Å². The lowest BCUT2D eigenvalue weighted by atomic mass is 10.0. The molecule has 0 aromatic heterocycles. The van der Waals surface area contributed by atoms with Gasteiger partial charge in [-0.15, -0.1) is 0 Å². The Kier molecular flexibility index (Phi) is 10.7. The molecule has 2 aliphatic heterocycles. The fraction of sp³-hybridized carbons (Fsp3) is 0.652. The zero-order valence-electron chi connectivity index (χ0n) is 19.4. The van der Waals surface area contributed by atoms with Gasteiger partial charge in [0.05, 0.1) is 43.6 Å². The molecule has 2 aliphatic rings. The van der Waals surface area contributed by atoms with Crippen molar-refractivity contribution in [2.75, 3.05) is 58.0 Å². The van der Waals surface area contributed by atoms with Crippen LogP contribution >= 0.6 is 0 Å². The molecule has 11 nitrogen and oxygen atoms in total. The van der Waals surface area contributed by atoms with Crippen molar-refractivity contribution >= 4 is 17.5 Å². The third-order valence-corrected chi connectivity index (χ3v) is 5.76. The summed E-state index contributed by atoms with van der Waals surface area (Å²) in [7, 11) is 0. The highest BCUT2D eigenvalue weighted by Crippen LogP contribution is 2.33. The summed E-state index contributed by atoms with van der Waals surface area (Å²) in [5.74, 6) is -0.871. The van der Waals surface area contributed by atoms with Gasteiger partial charge in [0.15, 0.2) is 0 Å². The van der Waals surface area contributed by atoms with Crippen molar-refractivity contribution < 1.29 is 34.0 Å². The number of rotatable bonds is 15. The van der Waals surface area contributed by atoms with E-state index in [1.54, 1.807) is 18.2 Å². The number of fused-ring (bicyclic) bond motifs is 1. The van der Waals surface area contributed by atoms with Gasteiger partial charge in [-0.1, -0.05) is 6.07 Å². The van der Waals surface area contributed by atoms with E-state index in [-0.39, 0.29) is 0 Å². The van der Waals surface area contributed by atoms with Crippen LogP contribution in [0.1, 0.15) is 46.4 Å². The van der Waals surface area contributed by atoms with Crippen LogP contribution in [-0.2, 0) is 14.2 Å². The van der Waals surface area contributed by atoms with Crippen molar-refractivity contribution in [1.29, 1.82) is 0 Å². The predicted molar refractivity (Wildman–Crippen MR) is 124 cm³/mol. The Morgan fingerprint density at radius 3 is 2.32 bits per heavy atom. The predicted octanol–water partition coefficient (Wildman–Crippen LogP) is -0.128. The van der Waals surface area contributed by atoms with E-state index >= 15 is 0 Å². The quantitative estimate of drug-likeness (QED) is 0.169. The molecule has 0 spiro atoms. The topological polar surface area (TPSA) is 156 Å². The van der Waals surface area contributed by atoms with Crippen molar-refractivity contribution in [1.82, 2.24) is 10.2 Å². The van der Waals surface area contributed by atoms with Gasteiger partial charge in [-0.3, -0.25) is 19.8 Å². The number of carbonyl (C=O) groups is 2. The average Bonchev–Trinajstić information content (AvgIpc) is 3.08. The fourth-order valence-corrected chi connectivity index (χ4v) is 4.02. The van der Waals surface area contributed by atoms with Crippen LogP contribution in [0.15, 0.2) is 18.2 Å². The molecule has 6 N–H and O–H groups in total. The normalized spacial score (nSPS) is 22.3. The molecule has 0 saturated carbocycles. The molecule has 0 radical (unpaired) electrons. The van der Waals surface area contributed by atoms with E-state index in [2.05, 4.69) is 10.6 Å². The van der Waals surface area contributed by atoms with Gasteiger partial charge < -0.3 is 35.5 Å². The summed E-state index contributed by atoms with van der Waals surface area (Å²) >= 11 is 0. The van der Waals surface area contributed by atoms with Crippen LogP contribution in [0.2, 0.25) is 0 Å². The molecule has 2 amide bonds. The number of carbonyl (C=O) groups excluding carboxylic acids is 2. The molecular weight excluding hydrogens is 444 g/mol. The molecular formula is C23H36N4O7. The number of hydrogen-bond donors (Lipinski definition) is 5. The first kappa shape index (κ1) is 26.5. The molecule has 34 heavy (non-hydrogen) atoms. The highest BCUT2D eigenvalue weighted by atomic mass is 16.5. The number of nitrogens with two attached hydrogens (primary N) is 1. The minimum absolute atomic E-state index is 0.314. The number of imide groups is 1. The Bertz CT molecular complexity index is 810. The second-order valence-corrected chi connectivity index (χ2v) is 8.24. The van der Waals surface area contributed by atoms with E-state index < -0.39 is 30.3 Å².